The lowest BCUT2D eigenvalue weighted by Gasteiger charge is -2.14. The number of benzene rings is 1. The average Bonchev–Trinajstić information content (AvgIpc) is 3.28. The number of para-hydroxylation sites is 1. The quantitative estimate of drug-likeness (QED) is 0.449. The predicted molar refractivity (Wildman–Crippen MR) is 98.5 cm³/mol. The minimum Gasteiger partial charge on any atom is -0.466 e. The van der Waals surface area contributed by atoms with Gasteiger partial charge in [0.15, 0.2) is 0 Å². The van der Waals surface area contributed by atoms with E-state index in [1.807, 2.05) is 31.2 Å². The number of fused-ring (bicyclic) bond motifs is 1. The normalized spacial score (nSPS) is 13.7. The molecule has 0 spiro atoms. The summed E-state index contributed by atoms with van der Waals surface area (Å²) in [4.78, 5) is 11.9. The van der Waals surface area contributed by atoms with Crippen LogP contribution in [0.4, 0.5) is 0 Å². The monoisotopic (exact) mass is 356 g/mol. The Morgan fingerprint density at radius 3 is 2.85 bits per heavy atom. The Labute approximate surface area is 152 Å². The van der Waals surface area contributed by atoms with Gasteiger partial charge in [-0.1, -0.05) is 38.5 Å². The molecule has 0 saturated carbocycles. The van der Waals surface area contributed by atoms with Crippen LogP contribution >= 0.6 is 0 Å². The molecule has 2 atom stereocenters. The number of hydrogen-bond acceptors (Lipinski definition) is 5. The summed E-state index contributed by atoms with van der Waals surface area (Å²) in [6.07, 6.45) is 4.49. The van der Waals surface area contributed by atoms with Crippen molar-refractivity contribution in [3.05, 3.63) is 48.6 Å². The summed E-state index contributed by atoms with van der Waals surface area (Å²) in [5, 5.41) is 11.4. The van der Waals surface area contributed by atoms with E-state index in [1.165, 1.54) is 0 Å². The van der Waals surface area contributed by atoms with Gasteiger partial charge in [0.05, 0.1) is 25.1 Å². The van der Waals surface area contributed by atoms with E-state index < -0.39 is 12.0 Å². The van der Waals surface area contributed by atoms with Crippen LogP contribution in [0.15, 0.2) is 51.7 Å². The highest BCUT2D eigenvalue weighted by molar-refractivity contribution is 5.93. The van der Waals surface area contributed by atoms with Crippen molar-refractivity contribution < 1.29 is 23.5 Å². The summed E-state index contributed by atoms with van der Waals surface area (Å²) in [5.74, 6) is -0.256. The number of aliphatic hydroxyl groups is 1. The van der Waals surface area contributed by atoms with Crippen LogP contribution in [0.2, 0.25) is 0 Å². The zero-order valence-corrected chi connectivity index (χ0v) is 15.1. The van der Waals surface area contributed by atoms with Gasteiger partial charge >= 0.3 is 5.97 Å². The number of hydrogen-bond donors (Lipinski definition) is 1. The molecule has 138 valence electrons. The number of unbranched alkanes of at least 4 members (excludes halogenated alkanes) is 1. The number of aliphatic hydroxyl groups excluding tert-OH is 1. The topological polar surface area (TPSA) is 72.8 Å². The maximum Gasteiger partial charge on any atom is 0.308 e. The first-order chi connectivity index (χ1) is 12.6. The summed E-state index contributed by atoms with van der Waals surface area (Å²) in [7, 11) is 0. The third kappa shape index (κ3) is 3.99. The minimum absolute atomic E-state index is 0.254. The smallest absolute Gasteiger partial charge is 0.308 e. The van der Waals surface area contributed by atoms with Crippen molar-refractivity contribution in [1.29, 1.82) is 0 Å². The molecule has 0 amide bonds. The molecule has 0 fully saturated rings. The molecule has 0 radical (unpaired) electrons. The summed E-state index contributed by atoms with van der Waals surface area (Å²) >= 11 is 0. The maximum atomic E-state index is 11.9. The SMILES string of the molecule is CCCCOC(=O)C(C)CC(O)c1cc(-c2coc3ccccc23)co1. The highest BCUT2D eigenvalue weighted by atomic mass is 16.5. The molecule has 0 aliphatic heterocycles. The number of carbonyl (C=O) groups is 1. The van der Waals surface area contributed by atoms with Crippen molar-refractivity contribution in [2.24, 2.45) is 5.92 Å². The molecule has 26 heavy (non-hydrogen) atoms. The lowest BCUT2D eigenvalue weighted by Crippen LogP contribution is -2.18. The molecular formula is C21H24O5. The van der Waals surface area contributed by atoms with Gasteiger partial charge in [-0.25, -0.2) is 0 Å². The van der Waals surface area contributed by atoms with Gasteiger partial charge in [-0.2, -0.15) is 0 Å². The highest BCUT2D eigenvalue weighted by Gasteiger charge is 2.22. The molecule has 5 nitrogen and oxygen atoms in total. The van der Waals surface area contributed by atoms with Crippen molar-refractivity contribution >= 4 is 16.9 Å². The van der Waals surface area contributed by atoms with E-state index in [9.17, 15) is 9.90 Å². The molecule has 3 aromatic rings. The molecule has 1 N–H and O–H groups in total. The Kier molecular flexibility index (Phi) is 5.78. The molecule has 1 aromatic carbocycles. The molecule has 0 aliphatic rings. The Morgan fingerprint density at radius 1 is 1.23 bits per heavy atom. The second-order valence-corrected chi connectivity index (χ2v) is 6.56. The molecule has 5 heteroatoms. The molecule has 2 unspecified atom stereocenters. The molecule has 0 aliphatic carbocycles. The van der Waals surface area contributed by atoms with E-state index in [1.54, 1.807) is 25.5 Å². The van der Waals surface area contributed by atoms with Crippen LogP contribution < -0.4 is 0 Å². The van der Waals surface area contributed by atoms with Gasteiger partial charge in [-0.3, -0.25) is 4.79 Å². The van der Waals surface area contributed by atoms with Gasteiger partial charge in [0.2, 0.25) is 0 Å². The van der Waals surface area contributed by atoms with Crippen molar-refractivity contribution in [2.45, 2.75) is 39.2 Å². The first-order valence-electron chi connectivity index (χ1n) is 9.00. The van der Waals surface area contributed by atoms with Crippen molar-refractivity contribution in [3.8, 4) is 11.1 Å². The van der Waals surface area contributed by atoms with E-state index in [0.717, 1.165) is 34.9 Å². The van der Waals surface area contributed by atoms with Crippen LogP contribution in [0, 0.1) is 5.92 Å². The van der Waals surface area contributed by atoms with Crippen LogP contribution in [0.5, 0.6) is 0 Å². The Hall–Kier alpha value is -2.53. The third-order valence-electron chi connectivity index (χ3n) is 4.46. The predicted octanol–water partition coefficient (Wildman–Crippen LogP) is 5.10. The lowest BCUT2D eigenvalue weighted by molar-refractivity contribution is -0.149. The minimum atomic E-state index is -0.865. The number of esters is 1. The van der Waals surface area contributed by atoms with Gasteiger partial charge < -0.3 is 18.7 Å². The number of carbonyl (C=O) groups excluding carboxylic acids is 1. The fourth-order valence-electron chi connectivity index (χ4n) is 2.88. The fourth-order valence-corrected chi connectivity index (χ4v) is 2.88. The zero-order valence-electron chi connectivity index (χ0n) is 15.1. The van der Waals surface area contributed by atoms with Crippen LogP contribution in [-0.2, 0) is 9.53 Å². The van der Waals surface area contributed by atoms with Gasteiger partial charge in [-0.15, -0.1) is 0 Å². The van der Waals surface area contributed by atoms with E-state index in [0.29, 0.717) is 12.4 Å². The Balaban J connectivity index is 1.66. The highest BCUT2D eigenvalue weighted by Crippen LogP contribution is 2.34. The van der Waals surface area contributed by atoms with Gasteiger partial charge in [-0.05, 0) is 25.0 Å². The second-order valence-electron chi connectivity index (χ2n) is 6.56. The molecule has 0 saturated heterocycles. The first-order valence-corrected chi connectivity index (χ1v) is 9.00. The molecule has 2 aromatic heterocycles. The summed E-state index contributed by atoms with van der Waals surface area (Å²) in [6, 6.07) is 9.54. The maximum absolute atomic E-state index is 11.9. The standard InChI is InChI=1S/C21H24O5/c1-3-4-9-24-21(23)14(2)10-18(22)20-11-15(12-25-20)17-13-26-19-8-6-5-7-16(17)19/h5-8,11-14,18,22H,3-4,9-10H2,1-2H3. The number of furan rings is 2. The molecule has 3 rings (SSSR count). The molecule has 0 bridgehead atoms. The van der Waals surface area contributed by atoms with Gasteiger partial charge in [0.25, 0.3) is 0 Å². The average molecular weight is 356 g/mol. The van der Waals surface area contributed by atoms with E-state index in [-0.39, 0.29) is 12.4 Å². The zero-order chi connectivity index (χ0) is 18.5. The largest absolute Gasteiger partial charge is 0.466 e. The first kappa shape index (κ1) is 18.3. The van der Waals surface area contributed by atoms with E-state index in [4.69, 9.17) is 13.6 Å². The van der Waals surface area contributed by atoms with Crippen LogP contribution in [0.25, 0.3) is 22.1 Å². The summed E-state index contributed by atoms with van der Waals surface area (Å²) in [5.41, 5.74) is 2.55. The van der Waals surface area contributed by atoms with E-state index in [2.05, 4.69) is 0 Å². The van der Waals surface area contributed by atoms with Crippen molar-refractivity contribution in [1.82, 2.24) is 0 Å². The molecular weight excluding hydrogens is 332 g/mol. The second kappa shape index (κ2) is 8.23. The Morgan fingerprint density at radius 2 is 2.04 bits per heavy atom. The number of ether oxygens (including phenoxy) is 1. The van der Waals surface area contributed by atoms with E-state index >= 15 is 0 Å². The molecule has 2 heterocycles. The van der Waals surface area contributed by atoms with Gasteiger partial charge in [0.1, 0.15) is 17.4 Å². The van der Waals surface area contributed by atoms with Crippen LogP contribution in [0.1, 0.15) is 45.0 Å². The number of rotatable bonds is 8. The van der Waals surface area contributed by atoms with Crippen molar-refractivity contribution in [3.63, 3.8) is 0 Å². The van der Waals surface area contributed by atoms with Crippen LogP contribution in [0.3, 0.4) is 0 Å². The summed E-state index contributed by atoms with van der Waals surface area (Å²) < 4.78 is 16.3. The van der Waals surface area contributed by atoms with Crippen molar-refractivity contribution in [2.75, 3.05) is 6.61 Å². The fraction of sp³-hybridized carbons (Fsp3) is 0.381. The van der Waals surface area contributed by atoms with Gasteiger partial charge in [0, 0.05) is 16.5 Å². The lowest BCUT2D eigenvalue weighted by atomic mass is 10.0. The van der Waals surface area contributed by atoms with Crippen LogP contribution in [-0.4, -0.2) is 17.7 Å². The Bertz CT molecular complexity index is 860. The third-order valence-corrected chi connectivity index (χ3v) is 4.46. The summed E-state index contributed by atoms with van der Waals surface area (Å²) in [6.45, 7) is 4.22.